The van der Waals surface area contributed by atoms with E-state index in [-0.39, 0.29) is 6.04 Å². The van der Waals surface area contributed by atoms with Crippen molar-refractivity contribution in [3.8, 4) is 11.5 Å². The molecule has 0 aromatic heterocycles. The van der Waals surface area contributed by atoms with Gasteiger partial charge in [0.1, 0.15) is 0 Å². The molecule has 0 saturated carbocycles. The molecule has 24 heavy (non-hydrogen) atoms. The highest BCUT2D eigenvalue weighted by Gasteiger charge is 2.24. The SMILES string of the molecule is COc1cc2c(cc1OC)[C@@H](CS(=O)c1ccc(C)cc1)NCC2. The maximum atomic E-state index is 12.7. The molecule has 3 rings (SSSR count). The van der Waals surface area contributed by atoms with Gasteiger partial charge in [0.05, 0.1) is 25.0 Å². The minimum absolute atomic E-state index is 0.0516. The first-order valence-electron chi connectivity index (χ1n) is 8.05. The summed E-state index contributed by atoms with van der Waals surface area (Å²) in [6.45, 7) is 2.91. The van der Waals surface area contributed by atoms with Crippen LogP contribution in [0.4, 0.5) is 0 Å². The summed E-state index contributed by atoms with van der Waals surface area (Å²) in [6.07, 6.45) is 0.934. The van der Waals surface area contributed by atoms with Crippen LogP contribution in [0.5, 0.6) is 11.5 Å². The molecule has 0 aliphatic carbocycles. The Morgan fingerprint density at radius 2 is 1.79 bits per heavy atom. The lowest BCUT2D eigenvalue weighted by Gasteiger charge is -2.28. The molecule has 0 radical (unpaired) electrons. The zero-order valence-corrected chi connectivity index (χ0v) is 15.1. The number of methoxy groups -OCH3 is 2. The Kier molecular flexibility index (Phi) is 5.21. The van der Waals surface area contributed by atoms with Gasteiger partial charge in [-0.1, -0.05) is 17.7 Å². The summed E-state index contributed by atoms with van der Waals surface area (Å²) in [6, 6.07) is 12.0. The number of benzene rings is 2. The van der Waals surface area contributed by atoms with Gasteiger partial charge in [-0.15, -0.1) is 0 Å². The van der Waals surface area contributed by atoms with Crippen molar-refractivity contribution in [2.75, 3.05) is 26.5 Å². The van der Waals surface area contributed by atoms with E-state index in [9.17, 15) is 4.21 Å². The number of rotatable bonds is 5. The van der Waals surface area contributed by atoms with Crippen LogP contribution in [0.3, 0.4) is 0 Å². The van der Waals surface area contributed by atoms with Gasteiger partial charge >= 0.3 is 0 Å². The van der Waals surface area contributed by atoms with Crippen LogP contribution in [-0.4, -0.2) is 30.7 Å². The van der Waals surface area contributed by atoms with Crippen LogP contribution in [0, 0.1) is 6.92 Å². The van der Waals surface area contributed by atoms with E-state index in [1.54, 1.807) is 14.2 Å². The second kappa shape index (κ2) is 7.36. The summed E-state index contributed by atoms with van der Waals surface area (Å²) < 4.78 is 23.5. The molecule has 1 aliphatic heterocycles. The van der Waals surface area contributed by atoms with Gasteiger partial charge in [0.2, 0.25) is 0 Å². The van der Waals surface area contributed by atoms with Gasteiger partial charge in [-0.2, -0.15) is 0 Å². The zero-order valence-electron chi connectivity index (χ0n) is 14.3. The Morgan fingerprint density at radius 1 is 1.12 bits per heavy atom. The predicted octanol–water partition coefficient (Wildman–Crippen LogP) is 3.01. The number of hydrogen-bond acceptors (Lipinski definition) is 4. The van der Waals surface area contributed by atoms with E-state index in [4.69, 9.17) is 9.47 Å². The Morgan fingerprint density at radius 3 is 2.46 bits per heavy atom. The van der Waals surface area contributed by atoms with Crippen LogP contribution < -0.4 is 14.8 Å². The topological polar surface area (TPSA) is 47.6 Å². The van der Waals surface area contributed by atoms with Crippen molar-refractivity contribution in [3.05, 3.63) is 53.1 Å². The normalized spacial score (nSPS) is 17.9. The van der Waals surface area contributed by atoms with Crippen molar-refractivity contribution in [3.63, 3.8) is 0 Å². The van der Waals surface area contributed by atoms with Crippen molar-refractivity contribution >= 4 is 10.8 Å². The standard InChI is InChI=1S/C19H23NO3S/c1-13-4-6-15(7-5-13)24(21)12-17-16-11-19(23-3)18(22-2)10-14(16)8-9-20-17/h4-7,10-11,17,20H,8-9,12H2,1-3H3/t17-,24?/m1/s1. The van der Waals surface area contributed by atoms with Crippen LogP contribution >= 0.6 is 0 Å². The second-order valence-electron chi connectivity index (χ2n) is 5.99. The molecule has 2 aromatic rings. The summed E-state index contributed by atoms with van der Waals surface area (Å²) in [4.78, 5) is 0.870. The molecule has 0 saturated heterocycles. The van der Waals surface area contributed by atoms with E-state index in [1.165, 1.54) is 11.1 Å². The van der Waals surface area contributed by atoms with Crippen molar-refractivity contribution in [1.82, 2.24) is 5.32 Å². The van der Waals surface area contributed by atoms with Crippen molar-refractivity contribution in [2.24, 2.45) is 0 Å². The largest absolute Gasteiger partial charge is 0.493 e. The molecule has 0 spiro atoms. The molecule has 1 aliphatic rings. The van der Waals surface area contributed by atoms with E-state index in [0.717, 1.165) is 29.2 Å². The fraction of sp³-hybridized carbons (Fsp3) is 0.368. The van der Waals surface area contributed by atoms with Crippen LogP contribution in [0.1, 0.15) is 22.7 Å². The van der Waals surface area contributed by atoms with E-state index in [2.05, 4.69) is 5.32 Å². The highest BCUT2D eigenvalue weighted by atomic mass is 32.2. The summed E-state index contributed by atoms with van der Waals surface area (Å²) in [5.74, 6) is 2.01. The fourth-order valence-corrected chi connectivity index (χ4v) is 4.29. The summed E-state index contributed by atoms with van der Waals surface area (Å²) in [5.41, 5.74) is 3.56. The molecular formula is C19H23NO3S. The predicted molar refractivity (Wildman–Crippen MR) is 96.4 cm³/mol. The van der Waals surface area contributed by atoms with Gasteiger partial charge in [0, 0.05) is 16.7 Å². The van der Waals surface area contributed by atoms with Crippen molar-refractivity contribution in [1.29, 1.82) is 0 Å². The van der Waals surface area contributed by atoms with E-state index in [0.29, 0.717) is 11.5 Å². The first-order chi connectivity index (χ1) is 11.6. The van der Waals surface area contributed by atoms with Crippen LogP contribution in [0.2, 0.25) is 0 Å². The molecule has 2 atom stereocenters. The number of fused-ring (bicyclic) bond motifs is 1. The summed E-state index contributed by atoms with van der Waals surface area (Å²) in [7, 11) is 2.24. The van der Waals surface area contributed by atoms with E-state index in [1.807, 2.05) is 43.3 Å². The molecule has 0 bridgehead atoms. The molecule has 2 aromatic carbocycles. The lowest BCUT2D eigenvalue weighted by molar-refractivity contribution is 0.352. The number of aryl methyl sites for hydroxylation is 1. The molecule has 5 heteroatoms. The van der Waals surface area contributed by atoms with Gasteiger partial charge in [-0.3, -0.25) is 4.21 Å². The molecule has 0 fully saturated rings. The Bertz CT molecular complexity index is 743. The number of nitrogens with one attached hydrogen (secondary N) is 1. The third-order valence-corrected chi connectivity index (χ3v) is 5.84. The highest BCUT2D eigenvalue weighted by Crippen LogP contribution is 2.35. The van der Waals surface area contributed by atoms with E-state index < -0.39 is 10.8 Å². The average molecular weight is 345 g/mol. The third-order valence-electron chi connectivity index (χ3n) is 4.41. The van der Waals surface area contributed by atoms with Gasteiger partial charge in [-0.05, 0) is 55.3 Å². The fourth-order valence-electron chi connectivity index (χ4n) is 3.06. The smallest absolute Gasteiger partial charge is 0.161 e. The van der Waals surface area contributed by atoms with E-state index >= 15 is 0 Å². The Hall–Kier alpha value is -1.85. The monoisotopic (exact) mass is 345 g/mol. The molecule has 1 N–H and O–H groups in total. The van der Waals surface area contributed by atoms with Crippen LogP contribution in [0.25, 0.3) is 0 Å². The lowest BCUT2D eigenvalue weighted by Crippen LogP contribution is -2.33. The number of hydrogen-bond donors (Lipinski definition) is 1. The Labute approximate surface area is 145 Å². The van der Waals surface area contributed by atoms with Gasteiger partial charge in [0.25, 0.3) is 0 Å². The molecule has 1 unspecified atom stereocenters. The van der Waals surface area contributed by atoms with Crippen molar-refractivity contribution in [2.45, 2.75) is 24.3 Å². The van der Waals surface area contributed by atoms with Crippen LogP contribution in [0.15, 0.2) is 41.3 Å². The first kappa shape index (κ1) is 17.0. The molecule has 1 heterocycles. The second-order valence-corrected chi connectivity index (χ2v) is 7.48. The summed E-state index contributed by atoms with van der Waals surface area (Å²) >= 11 is 0. The minimum atomic E-state index is -1.05. The summed E-state index contributed by atoms with van der Waals surface area (Å²) in [5, 5.41) is 3.49. The molecule has 4 nitrogen and oxygen atoms in total. The third kappa shape index (κ3) is 3.47. The van der Waals surface area contributed by atoms with Crippen molar-refractivity contribution < 1.29 is 13.7 Å². The maximum absolute atomic E-state index is 12.7. The molecule has 0 amide bonds. The minimum Gasteiger partial charge on any atom is -0.493 e. The van der Waals surface area contributed by atoms with Gasteiger partial charge in [0.15, 0.2) is 11.5 Å². The number of ether oxygens (including phenoxy) is 2. The van der Waals surface area contributed by atoms with Gasteiger partial charge in [-0.25, -0.2) is 0 Å². The van der Waals surface area contributed by atoms with Gasteiger partial charge < -0.3 is 14.8 Å². The lowest BCUT2D eigenvalue weighted by atomic mass is 9.94. The average Bonchev–Trinajstić information content (AvgIpc) is 2.61. The quantitative estimate of drug-likeness (QED) is 0.905. The Balaban J connectivity index is 1.86. The zero-order chi connectivity index (χ0) is 17.1. The maximum Gasteiger partial charge on any atom is 0.161 e. The molecule has 128 valence electrons. The first-order valence-corrected chi connectivity index (χ1v) is 9.37. The highest BCUT2D eigenvalue weighted by molar-refractivity contribution is 7.85. The molecular weight excluding hydrogens is 322 g/mol. The van der Waals surface area contributed by atoms with Crippen LogP contribution in [-0.2, 0) is 17.2 Å².